The molecule has 2 aliphatic heterocycles. The minimum Gasteiger partial charge on any atom is -0.395 e. The Kier molecular flexibility index (Phi) is 6.10. The molecule has 10 nitrogen and oxygen atoms in total. The summed E-state index contributed by atoms with van der Waals surface area (Å²) in [5.41, 5.74) is 3.50. The molecule has 10 heteroatoms. The molecule has 1 saturated heterocycles. The Bertz CT molecular complexity index is 1350. The number of anilines is 3. The van der Waals surface area contributed by atoms with E-state index in [1.807, 2.05) is 31.7 Å². The van der Waals surface area contributed by atoms with E-state index in [1.165, 1.54) is 0 Å². The van der Waals surface area contributed by atoms with E-state index < -0.39 is 5.41 Å². The lowest BCUT2D eigenvalue weighted by Gasteiger charge is -2.21. The van der Waals surface area contributed by atoms with Crippen molar-refractivity contribution in [3.63, 3.8) is 0 Å². The van der Waals surface area contributed by atoms with Crippen molar-refractivity contribution >= 4 is 23.4 Å². The quantitative estimate of drug-likeness (QED) is 0.483. The van der Waals surface area contributed by atoms with Crippen LogP contribution < -0.4 is 10.6 Å². The Hall–Kier alpha value is -3.97. The summed E-state index contributed by atoms with van der Waals surface area (Å²) >= 11 is 0. The second kappa shape index (κ2) is 9.24. The zero-order chi connectivity index (χ0) is 25.4. The summed E-state index contributed by atoms with van der Waals surface area (Å²) < 4.78 is 1.76. The molecule has 4 heterocycles. The van der Waals surface area contributed by atoms with E-state index in [9.17, 15) is 15.2 Å². The number of nitriles is 1. The number of aromatic nitrogens is 4. The van der Waals surface area contributed by atoms with E-state index in [-0.39, 0.29) is 18.6 Å². The van der Waals surface area contributed by atoms with Gasteiger partial charge in [0.15, 0.2) is 5.69 Å². The summed E-state index contributed by atoms with van der Waals surface area (Å²) in [6.45, 7) is 8.02. The molecule has 186 valence electrons. The highest BCUT2D eigenvalue weighted by atomic mass is 16.3. The summed E-state index contributed by atoms with van der Waals surface area (Å²) in [5, 5.41) is 30.8. The molecule has 3 aromatic rings. The van der Waals surface area contributed by atoms with Crippen molar-refractivity contribution in [2.75, 3.05) is 36.9 Å². The number of aliphatic hydroxyl groups excluding tert-OH is 1. The van der Waals surface area contributed by atoms with Crippen molar-refractivity contribution in [3.05, 3.63) is 47.3 Å². The third-order valence-corrected chi connectivity index (χ3v) is 6.94. The third kappa shape index (κ3) is 4.16. The topological polar surface area (TPSA) is 132 Å². The van der Waals surface area contributed by atoms with Crippen LogP contribution in [0.25, 0.3) is 11.3 Å². The first-order valence-corrected chi connectivity index (χ1v) is 12.3. The summed E-state index contributed by atoms with van der Waals surface area (Å²) in [5.74, 6) is 0.928. The number of amides is 1. The number of rotatable bonds is 6. The molecular formula is C26H30N8O2. The highest BCUT2D eigenvalue weighted by Gasteiger charge is 2.36. The molecular weight excluding hydrogens is 456 g/mol. The molecule has 0 aliphatic carbocycles. The maximum Gasteiger partial charge on any atom is 0.274 e. The number of aliphatic hydroxyl groups is 1. The highest BCUT2D eigenvalue weighted by molar-refractivity contribution is 5.93. The van der Waals surface area contributed by atoms with Crippen LogP contribution in [-0.2, 0) is 5.41 Å². The van der Waals surface area contributed by atoms with Crippen LogP contribution >= 0.6 is 0 Å². The van der Waals surface area contributed by atoms with Crippen molar-refractivity contribution in [2.24, 2.45) is 0 Å². The van der Waals surface area contributed by atoms with E-state index in [0.717, 1.165) is 42.7 Å². The summed E-state index contributed by atoms with van der Waals surface area (Å²) in [6, 6.07) is 9.59. The number of nitrogens with zero attached hydrogens (tertiary/aromatic N) is 6. The molecule has 1 aromatic carbocycles. The van der Waals surface area contributed by atoms with Gasteiger partial charge >= 0.3 is 0 Å². The lowest BCUT2D eigenvalue weighted by Crippen LogP contribution is -2.28. The van der Waals surface area contributed by atoms with E-state index >= 15 is 0 Å². The largest absolute Gasteiger partial charge is 0.395 e. The fourth-order valence-electron chi connectivity index (χ4n) is 4.83. The van der Waals surface area contributed by atoms with Crippen molar-refractivity contribution in [1.82, 2.24) is 24.6 Å². The van der Waals surface area contributed by atoms with Gasteiger partial charge in [0.2, 0.25) is 5.95 Å². The van der Waals surface area contributed by atoms with Crippen molar-refractivity contribution < 1.29 is 9.90 Å². The van der Waals surface area contributed by atoms with Crippen LogP contribution in [0, 0.1) is 11.3 Å². The molecule has 1 amide bonds. The van der Waals surface area contributed by atoms with Gasteiger partial charge in [-0.25, -0.2) is 14.6 Å². The number of carbonyl (C=O) groups is 1. The van der Waals surface area contributed by atoms with E-state index in [2.05, 4.69) is 26.8 Å². The average molecular weight is 487 g/mol. The maximum absolute atomic E-state index is 12.9. The van der Waals surface area contributed by atoms with Gasteiger partial charge in [-0.2, -0.15) is 10.4 Å². The van der Waals surface area contributed by atoms with Crippen molar-refractivity contribution in [2.45, 2.75) is 45.1 Å². The molecule has 0 unspecified atom stereocenters. The Morgan fingerprint density at radius 2 is 2.08 bits per heavy atom. The zero-order valence-electron chi connectivity index (χ0n) is 20.7. The standard InChI is InChI=1S/C26H30N8O2/c1-16(2)34-22(12-21(32-34)24(36)33-8-4-5-9-33)31-25-28-7-6-20(30-25)17-10-18(13-27)23-19(11-17)26(3,15-35)14-29-23/h6-7,10-12,16,29,35H,4-5,8-9,14-15H2,1-3H3,(H,28,30,31)/t26-/m1/s1. The molecule has 5 rings (SSSR count). The molecule has 0 bridgehead atoms. The van der Waals surface area contributed by atoms with Gasteiger partial charge in [-0.05, 0) is 50.5 Å². The van der Waals surface area contributed by atoms with Crippen LogP contribution in [0.3, 0.4) is 0 Å². The first-order valence-electron chi connectivity index (χ1n) is 12.3. The predicted molar refractivity (Wildman–Crippen MR) is 136 cm³/mol. The minimum atomic E-state index is -0.479. The number of benzene rings is 1. The molecule has 0 radical (unpaired) electrons. The molecule has 36 heavy (non-hydrogen) atoms. The first-order chi connectivity index (χ1) is 17.3. The summed E-state index contributed by atoms with van der Waals surface area (Å²) in [6.07, 6.45) is 3.69. The van der Waals surface area contributed by atoms with Gasteiger partial charge in [0, 0.05) is 48.9 Å². The van der Waals surface area contributed by atoms with Gasteiger partial charge in [-0.3, -0.25) is 4.79 Å². The number of likely N-dealkylation sites (tertiary alicyclic amines) is 1. The van der Waals surface area contributed by atoms with Crippen LogP contribution in [0.5, 0.6) is 0 Å². The van der Waals surface area contributed by atoms with E-state index in [4.69, 9.17) is 4.98 Å². The van der Waals surface area contributed by atoms with Gasteiger partial charge in [0.25, 0.3) is 5.91 Å². The Morgan fingerprint density at radius 1 is 1.31 bits per heavy atom. The molecule has 1 atom stereocenters. The van der Waals surface area contributed by atoms with Gasteiger partial charge in [0.1, 0.15) is 11.9 Å². The molecule has 0 spiro atoms. The number of carbonyl (C=O) groups excluding carboxylic acids is 1. The minimum absolute atomic E-state index is 0.0226. The van der Waals surface area contributed by atoms with Crippen molar-refractivity contribution in [1.29, 1.82) is 5.26 Å². The van der Waals surface area contributed by atoms with Gasteiger partial charge in [-0.1, -0.05) is 6.92 Å². The Labute approximate surface area is 210 Å². The fraction of sp³-hybridized carbons (Fsp3) is 0.423. The van der Waals surface area contributed by atoms with E-state index in [0.29, 0.717) is 35.3 Å². The molecule has 0 saturated carbocycles. The number of hydrogen-bond acceptors (Lipinski definition) is 8. The summed E-state index contributed by atoms with van der Waals surface area (Å²) in [4.78, 5) is 23.8. The van der Waals surface area contributed by atoms with Crippen LogP contribution in [-0.4, -0.2) is 61.9 Å². The lowest BCUT2D eigenvalue weighted by atomic mass is 9.83. The predicted octanol–water partition coefficient (Wildman–Crippen LogP) is 3.45. The van der Waals surface area contributed by atoms with Crippen molar-refractivity contribution in [3.8, 4) is 17.3 Å². The lowest BCUT2D eigenvalue weighted by molar-refractivity contribution is 0.0786. The summed E-state index contributed by atoms with van der Waals surface area (Å²) in [7, 11) is 0. The van der Waals surface area contributed by atoms with Crippen LogP contribution in [0.1, 0.15) is 61.3 Å². The van der Waals surface area contributed by atoms with Crippen LogP contribution in [0.4, 0.5) is 17.5 Å². The Balaban J connectivity index is 1.47. The third-order valence-electron chi connectivity index (χ3n) is 6.94. The number of nitrogens with one attached hydrogen (secondary N) is 2. The molecule has 1 fully saturated rings. The Morgan fingerprint density at radius 3 is 2.78 bits per heavy atom. The second-order valence-electron chi connectivity index (χ2n) is 9.97. The molecule has 2 aliphatic rings. The monoisotopic (exact) mass is 486 g/mol. The average Bonchev–Trinajstić information content (AvgIpc) is 3.63. The zero-order valence-corrected chi connectivity index (χ0v) is 20.7. The van der Waals surface area contributed by atoms with Gasteiger partial charge in [0.05, 0.1) is 23.6 Å². The first kappa shape index (κ1) is 23.8. The normalized spacial score (nSPS) is 18.7. The SMILES string of the molecule is CC(C)n1nc(C(=O)N2CCCC2)cc1Nc1nccc(-c2cc(C#N)c3c(c2)[C@@](C)(CO)CN3)n1. The highest BCUT2D eigenvalue weighted by Crippen LogP contribution is 2.41. The number of hydrogen-bond donors (Lipinski definition) is 3. The number of fused-ring (bicyclic) bond motifs is 1. The van der Waals surface area contributed by atoms with Gasteiger partial charge in [-0.15, -0.1) is 0 Å². The van der Waals surface area contributed by atoms with E-state index in [1.54, 1.807) is 29.1 Å². The van der Waals surface area contributed by atoms with Gasteiger partial charge < -0.3 is 20.6 Å². The second-order valence-corrected chi connectivity index (χ2v) is 9.97. The van der Waals surface area contributed by atoms with Crippen LogP contribution in [0.15, 0.2) is 30.5 Å². The fourth-order valence-corrected chi connectivity index (χ4v) is 4.83. The molecule has 3 N–H and O–H groups in total. The maximum atomic E-state index is 12.9. The van der Waals surface area contributed by atoms with Crippen LogP contribution in [0.2, 0.25) is 0 Å². The smallest absolute Gasteiger partial charge is 0.274 e. The molecule has 2 aromatic heterocycles.